The fraction of sp³-hybridized carbons (Fsp3) is 0.556. The highest BCUT2D eigenvalue weighted by atomic mass is 35.5. The average molecular weight is 333 g/mol. The number of fused-ring (bicyclic) bond motifs is 2. The maximum absolute atomic E-state index is 12.8. The van der Waals surface area contributed by atoms with E-state index in [2.05, 4.69) is 0 Å². The summed E-state index contributed by atoms with van der Waals surface area (Å²) in [5.41, 5.74) is 0.611. The van der Waals surface area contributed by atoms with E-state index in [1.54, 1.807) is 29.2 Å². The first-order valence-electron chi connectivity index (χ1n) is 8.47. The van der Waals surface area contributed by atoms with Crippen molar-refractivity contribution >= 4 is 23.4 Å². The van der Waals surface area contributed by atoms with E-state index in [4.69, 9.17) is 11.6 Å². The summed E-state index contributed by atoms with van der Waals surface area (Å²) in [4.78, 5) is 29.4. The van der Waals surface area contributed by atoms with Gasteiger partial charge in [-0.25, -0.2) is 0 Å². The number of hydrogen-bond donors (Lipinski definition) is 0. The van der Waals surface area contributed by atoms with Crippen LogP contribution in [-0.4, -0.2) is 47.3 Å². The highest BCUT2D eigenvalue weighted by Crippen LogP contribution is 2.35. The molecule has 0 aromatic heterocycles. The predicted molar refractivity (Wildman–Crippen MR) is 88.3 cm³/mol. The van der Waals surface area contributed by atoms with E-state index in [0.717, 1.165) is 25.9 Å². The molecule has 4 rings (SSSR count). The van der Waals surface area contributed by atoms with Crippen molar-refractivity contribution in [3.63, 3.8) is 0 Å². The van der Waals surface area contributed by atoms with E-state index in [1.165, 1.54) is 12.8 Å². The molecular weight excluding hydrogens is 312 g/mol. The molecule has 0 N–H and O–H groups in total. The monoisotopic (exact) mass is 332 g/mol. The van der Waals surface area contributed by atoms with E-state index in [9.17, 15) is 9.59 Å². The van der Waals surface area contributed by atoms with Gasteiger partial charge in [-0.3, -0.25) is 9.59 Å². The number of halogens is 1. The molecule has 2 amide bonds. The van der Waals surface area contributed by atoms with Crippen LogP contribution in [0.15, 0.2) is 24.3 Å². The molecule has 0 unspecified atom stereocenters. The SMILES string of the molecule is O=C1[C@H]2C[C@H](CCN2C(=O)c2ccc(Cl)cc2)CN1CC1CC1. The second kappa shape index (κ2) is 5.82. The Morgan fingerprint density at radius 3 is 2.61 bits per heavy atom. The lowest BCUT2D eigenvalue weighted by Crippen LogP contribution is -2.60. The first-order valence-corrected chi connectivity index (χ1v) is 8.85. The Hall–Kier alpha value is -1.55. The summed E-state index contributed by atoms with van der Waals surface area (Å²) >= 11 is 5.90. The molecule has 122 valence electrons. The van der Waals surface area contributed by atoms with Crippen LogP contribution in [0.25, 0.3) is 0 Å². The number of amides is 2. The van der Waals surface area contributed by atoms with Crippen molar-refractivity contribution in [3.05, 3.63) is 34.9 Å². The van der Waals surface area contributed by atoms with Crippen LogP contribution in [0.1, 0.15) is 36.0 Å². The predicted octanol–water partition coefficient (Wildman–Crippen LogP) is 2.81. The minimum Gasteiger partial charge on any atom is -0.340 e. The Balaban J connectivity index is 1.53. The fourth-order valence-corrected chi connectivity index (χ4v) is 3.95. The number of hydrogen-bond acceptors (Lipinski definition) is 2. The standard InChI is InChI=1S/C18H21ClN2O2/c19-15-5-3-14(4-6-15)17(22)21-8-7-13-9-16(21)18(23)20(11-13)10-12-1-2-12/h3-6,12-13,16H,1-2,7-11H2/t13-,16+/m0/s1. The number of carbonyl (C=O) groups is 2. The van der Waals surface area contributed by atoms with Crippen molar-refractivity contribution in [2.24, 2.45) is 11.8 Å². The Labute approximate surface area is 141 Å². The highest BCUT2D eigenvalue weighted by Gasteiger charge is 2.44. The minimum atomic E-state index is -0.274. The van der Waals surface area contributed by atoms with Gasteiger partial charge in [-0.05, 0) is 61.8 Å². The van der Waals surface area contributed by atoms with Gasteiger partial charge in [0, 0.05) is 30.2 Å². The molecule has 1 aromatic rings. The fourth-order valence-electron chi connectivity index (χ4n) is 3.83. The van der Waals surface area contributed by atoms with Crippen LogP contribution in [0.4, 0.5) is 0 Å². The van der Waals surface area contributed by atoms with Gasteiger partial charge in [0.1, 0.15) is 6.04 Å². The molecule has 1 aliphatic carbocycles. The third-order valence-electron chi connectivity index (χ3n) is 5.31. The van der Waals surface area contributed by atoms with Crippen LogP contribution >= 0.6 is 11.6 Å². The molecule has 2 aliphatic heterocycles. The summed E-state index contributed by atoms with van der Waals surface area (Å²) in [5, 5.41) is 0.615. The lowest BCUT2D eigenvalue weighted by atomic mass is 9.85. The smallest absolute Gasteiger partial charge is 0.254 e. The van der Waals surface area contributed by atoms with Crippen LogP contribution < -0.4 is 0 Å². The molecule has 5 heteroatoms. The molecule has 3 fully saturated rings. The van der Waals surface area contributed by atoms with Crippen LogP contribution in [0.5, 0.6) is 0 Å². The van der Waals surface area contributed by atoms with Crippen LogP contribution in [0.3, 0.4) is 0 Å². The lowest BCUT2D eigenvalue weighted by Gasteiger charge is -2.46. The Bertz CT molecular complexity index is 626. The Kier molecular flexibility index (Phi) is 3.80. The minimum absolute atomic E-state index is 0.0493. The van der Waals surface area contributed by atoms with Gasteiger partial charge in [0.25, 0.3) is 5.91 Å². The van der Waals surface area contributed by atoms with E-state index >= 15 is 0 Å². The lowest BCUT2D eigenvalue weighted by molar-refractivity contribution is -0.144. The third kappa shape index (κ3) is 2.97. The third-order valence-corrected chi connectivity index (χ3v) is 5.57. The number of likely N-dealkylation sites (tertiary alicyclic amines) is 2. The number of rotatable bonds is 3. The molecule has 2 heterocycles. The Morgan fingerprint density at radius 2 is 1.91 bits per heavy atom. The Morgan fingerprint density at radius 1 is 1.17 bits per heavy atom. The summed E-state index contributed by atoms with van der Waals surface area (Å²) in [7, 11) is 0. The second-order valence-electron chi connectivity index (χ2n) is 7.10. The van der Waals surface area contributed by atoms with Crippen molar-refractivity contribution in [1.29, 1.82) is 0 Å². The van der Waals surface area contributed by atoms with Gasteiger partial charge in [-0.1, -0.05) is 11.6 Å². The van der Waals surface area contributed by atoms with Crippen LogP contribution in [0, 0.1) is 11.8 Å². The van der Waals surface area contributed by atoms with E-state index in [0.29, 0.717) is 29.0 Å². The maximum Gasteiger partial charge on any atom is 0.254 e. The van der Waals surface area contributed by atoms with Gasteiger partial charge in [0.2, 0.25) is 5.91 Å². The molecule has 3 aliphatic rings. The maximum atomic E-state index is 12.8. The zero-order valence-electron chi connectivity index (χ0n) is 13.1. The number of carbonyl (C=O) groups excluding carboxylic acids is 2. The van der Waals surface area contributed by atoms with E-state index in [1.807, 2.05) is 4.90 Å². The van der Waals surface area contributed by atoms with Gasteiger partial charge < -0.3 is 9.80 Å². The van der Waals surface area contributed by atoms with E-state index < -0.39 is 0 Å². The summed E-state index contributed by atoms with van der Waals surface area (Å²) in [6, 6.07) is 6.66. The van der Waals surface area contributed by atoms with Gasteiger partial charge in [0.15, 0.2) is 0 Å². The molecule has 0 spiro atoms. The number of piperidine rings is 2. The van der Waals surface area contributed by atoms with Gasteiger partial charge in [-0.15, -0.1) is 0 Å². The molecule has 4 nitrogen and oxygen atoms in total. The van der Waals surface area contributed by atoms with Gasteiger partial charge in [-0.2, -0.15) is 0 Å². The molecule has 1 aromatic carbocycles. The van der Waals surface area contributed by atoms with Crippen molar-refractivity contribution in [3.8, 4) is 0 Å². The largest absolute Gasteiger partial charge is 0.340 e. The van der Waals surface area contributed by atoms with Crippen molar-refractivity contribution in [1.82, 2.24) is 9.80 Å². The first kappa shape index (κ1) is 15.0. The van der Waals surface area contributed by atoms with E-state index in [-0.39, 0.29) is 17.9 Å². The molecular formula is C18H21ClN2O2. The zero-order valence-corrected chi connectivity index (χ0v) is 13.8. The topological polar surface area (TPSA) is 40.6 Å². The zero-order chi connectivity index (χ0) is 16.0. The number of nitrogens with zero attached hydrogens (tertiary/aromatic N) is 2. The van der Waals surface area contributed by atoms with Crippen molar-refractivity contribution in [2.75, 3.05) is 19.6 Å². The highest BCUT2D eigenvalue weighted by molar-refractivity contribution is 6.30. The second-order valence-corrected chi connectivity index (χ2v) is 7.53. The molecule has 2 atom stereocenters. The van der Waals surface area contributed by atoms with Crippen molar-refractivity contribution < 1.29 is 9.59 Å². The van der Waals surface area contributed by atoms with Crippen LogP contribution in [0.2, 0.25) is 5.02 Å². The summed E-state index contributed by atoms with van der Waals surface area (Å²) < 4.78 is 0. The summed E-state index contributed by atoms with van der Waals surface area (Å²) in [5.74, 6) is 1.34. The summed E-state index contributed by atoms with van der Waals surface area (Å²) in [6.45, 7) is 2.45. The first-order chi connectivity index (χ1) is 11.1. The van der Waals surface area contributed by atoms with Gasteiger partial charge in [0.05, 0.1) is 0 Å². The average Bonchev–Trinajstić information content (AvgIpc) is 3.37. The molecule has 2 bridgehead atoms. The quantitative estimate of drug-likeness (QED) is 0.854. The normalized spacial score (nSPS) is 27.3. The van der Waals surface area contributed by atoms with Crippen molar-refractivity contribution in [2.45, 2.75) is 31.7 Å². The molecule has 2 saturated heterocycles. The molecule has 1 saturated carbocycles. The summed E-state index contributed by atoms with van der Waals surface area (Å²) in [6.07, 6.45) is 4.29. The van der Waals surface area contributed by atoms with Crippen LogP contribution in [-0.2, 0) is 4.79 Å². The van der Waals surface area contributed by atoms with Gasteiger partial charge >= 0.3 is 0 Å². The molecule has 0 radical (unpaired) electrons. The number of benzene rings is 1. The molecule has 23 heavy (non-hydrogen) atoms.